The molecule has 0 bridgehead atoms. The molecular formula is C28H28ClN3O3S. The number of fused-ring (bicyclic) bond motifs is 1. The summed E-state index contributed by atoms with van der Waals surface area (Å²) in [5.74, 6) is -0.793. The fraction of sp³-hybridized carbons (Fsp3) is 0.321. The van der Waals surface area contributed by atoms with Crippen LogP contribution in [0.3, 0.4) is 0 Å². The van der Waals surface area contributed by atoms with Gasteiger partial charge in [-0.3, -0.25) is 4.79 Å². The van der Waals surface area contributed by atoms with E-state index in [4.69, 9.17) is 16.3 Å². The molecule has 4 rings (SSSR count). The van der Waals surface area contributed by atoms with Crippen molar-refractivity contribution in [3.05, 3.63) is 73.4 Å². The molecule has 0 spiro atoms. The third-order valence-electron chi connectivity index (χ3n) is 6.41. The number of ether oxygens (including phenoxy) is 1. The summed E-state index contributed by atoms with van der Waals surface area (Å²) in [6, 6.07) is 9.11. The van der Waals surface area contributed by atoms with E-state index in [0.29, 0.717) is 22.9 Å². The number of amides is 1. The average Bonchev–Trinajstić information content (AvgIpc) is 3.35. The second-order valence-corrected chi connectivity index (χ2v) is 10.4. The number of thiophene rings is 1. The lowest BCUT2D eigenvalue weighted by atomic mass is 9.95. The Balaban J connectivity index is 1.73. The summed E-state index contributed by atoms with van der Waals surface area (Å²) in [7, 11) is 0. The van der Waals surface area contributed by atoms with Crippen molar-refractivity contribution in [3.8, 4) is 11.1 Å². The second kappa shape index (κ2) is 10.7. The number of carbonyl (C=O) groups excluding carboxylic acids is 2. The molecule has 6 nitrogen and oxygen atoms in total. The highest BCUT2D eigenvalue weighted by Gasteiger charge is 2.28. The fourth-order valence-electron chi connectivity index (χ4n) is 4.63. The predicted molar refractivity (Wildman–Crippen MR) is 144 cm³/mol. The topological polar surface area (TPSA) is 84.1 Å². The Bertz CT molecular complexity index is 1420. The van der Waals surface area contributed by atoms with Crippen LogP contribution in [0.5, 0.6) is 0 Å². The van der Waals surface area contributed by atoms with Gasteiger partial charge in [0.2, 0.25) is 0 Å². The zero-order valence-electron chi connectivity index (χ0n) is 20.8. The van der Waals surface area contributed by atoms with Crippen molar-refractivity contribution in [3.63, 3.8) is 0 Å². The van der Waals surface area contributed by atoms with Gasteiger partial charge in [-0.15, -0.1) is 11.3 Å². The first-order valence-electron chi connectivity index (χ1n) is 11.9. The van der Waals surface area contributed by atoms with Gasteiger partial charge in [0.25, 0.3) is 5.91 Å². The van der Waals surface area contributed by atoms with Crippen molar-refractivity contribution in [2.45, 2.75) is 53.4 Å². The molecule has 1 N–H and O–H groups in total. The third-order valence-corrected chi connectivity index (χ3v) is 7.92. The van der Waals surface area contributed by atoms with E-state index in [1.807, 2.05) is 44.4 Å². The molecule has 0 saturated heterocycles. The summed E-state index contributed by atoms with van der Waals surface area (Å²) >= 11 is 7.64. The Kier molecular flexibility index (Phi) is 7.67. The molecule has 0 radical (unpaired) electrons. The molecular weight excluding hydrogens is 494 g/mol. The van der Waals surface area contributed by atoms with Crippen LogP contribution in [0.25, 0.3) is 11.1 Å². The summed E-state index contributed by atoms with van der Waals surface area (Å²) in [5, 5.41) is 14.0. The van der Waals surface area contributed by atoms with Crippen molar-refractivity contribution >= 4 is 46.6 Å². The normalized spacial score (nSPS) is 13.2. The van der Waals surface area contributed by atoms with Crippen LogP contribution in [0.1, 0.15) is 63.1 Å². The molecule has 0 saturated carbocycles. The standard InChI is InChI=1S/C28H28ClN3O3S/c1-5-35-28(34)25-22-8-6-7-9-24(22)36-27(25)32-17(3)13-19(18(32)4)14-20(15-30)26(33)31-23-11-10-21(29)12-16(23)2/h10-14H,5-9H2,1-4H3,(H,31,33)/b20-14+. The lowest BCUT2D eigenvalue weighted by Crippen LogP contribution is -2.14. The van der Waals surface area contributed by atoms with Gasteiger partial charge in [-0.25, -0.2) is 4.79 Å². The van der Waals surface area contributed by atoms with E-state index in [0.717, 1.165) is 58.8 Å². The van der Waals surface area contributed by atoms with E-state index in [1.54, 1.807) is 35.6 Å². The number of nitrogens with zero attached hydrogens (tertiary/aromatic N) is 2. The Morgan fingerprint density at radius 3 is 2.67 bits per heavy atom. The second-order valence-electron chi connectivity index (χ2n) is 8.86. The summed E-state index contributed by atoms with van der Waals surface area (Å²) in [5.41, 5.74) is 5.63. The van der Waals surface area contributed by atoms with Crippen LogP contribution in [-0.2, 0) is 22.4 Å². The fourth-order valence-corrected chi connectivity index (χ4v) is 6.34. The van der Waals surface area contributed by atoms with Gasteiger partial charge in [0.15, 0.2) is 0 Å². The minimum Gasteiger partial charge on any atom is -0.462 e. The molecule has 1 aliphatic carbocycles. The Morgan fingerprint density at radius 2 is 1.97 bits per heavy atom. The Hall–Kier alpha value is -3.34. The van der Waals surface area contributed by atoms with E-state index < -0.39 is 5.91 Å². The molecule has 1 aromatic carbocycles. The molecule has 2 heterocycles. The number of nitrogens with one attached hydrogen (secondary N) is 1. The number of aromatic nitrogens is 1. The number of anilines is 1. The molecule has 0 aliphatic heterocycles. The van der Waals surface area contributed by atoms with Crippen LogP contribution in [0.2, 0.25) is 5.02 Å². The van der Waals surface area contributed by atoms with Crippen molar-refractivity contribution < 1.29 is 14.3 Å². The van der Waals surface area contributed by atoms with Crippen LogP contribution in [-0.4, -0.2) is 23.1 Å². The third kappa shape index (κ3) is 4.97. The van der Waals surface area contributed by atoms with Gasteiger partial charge in [0, 0.05) is 27.0 Å². The molecule has 36 heavy (non-hydrogen) atoms. The lowest BCUT2D eigenvalue weighted by molar-refractivity contribution is -0.112. The molecule has 0 fully saturated rings. The molecule has 8 heteroatoms. The molecule has 1 amide bonds. The smallest absolute Gasteiger partial charge is 0.341 e. The number of hydrogen-bond acceptors (Lipinski definition) is 5. The van der Waals surface area contributed by atoms with E-state index in [1.165, 1.54) is 4.88 Å². The maximum Gasteiger partial charge on any atom is 0.341 e. The number of halogens is 1. The highest BCUT2D eigenvalue weighted by atomic mass is 35.5. The van der Waals surface area contributed by atoms with E-state index >= 15 is 0 Å². The number of esters is 1. The van der Waals surface area contributed by atoms with E-state index in [-0.39, 0.29) is 11.5 Å². The van der Waals surface area contributed by atoms with Crippen LogP contribution in [0, 0.1) is 32.1 Å². The van der Waals surface area contributed by atoms with Crippen molar-refractivity contribution in [1.29, 1.82) is 5.26 Å². The van der Waals surface area contributed by atoms with E-state index in [2.05, 4.69) is 5.32 Å². The SMILES string of the molecule is CCOC(=O)c1c(-n2c(C)cc(/C=C(\C#N)C(=O)Nc3ccc(Cl)cc3C)c2C)sc2c1CCCC2. The van der Waals surface area contributed by atoms with Crippen LogP contribution in [0.4, 0.5) is 5.69 Å². The summed E-state index contributed by atoms with van der Waals surface area (Å²) in [6.45, 7) is 7.86. The predicted octanol–water partition coefficient (Wildman–Crippen LogP) is 6.72. The van der Waals surface area contributed by atoms with Gasteiger partial charge in [-0.05, 0) is 100 Å². The summed E-state index contributed by atoms with van der Waals surface area (Å²) < 4.78 is 7.47. The number of carbonyl (C=O) groups is 2. The first kappa shape index (κ1) is 25.7. The number of aryl methyl sites for hydroxylation is 3. The van der Waals surface area contributed by atoms with Gasteiger partial charge < -0.3 is 14.6 Å². The van der Waals surface area contributed by atoms with Crippen LogP contribution in [0.15, 0.2) is 29.8 Å². The molecule has 186 valence electrons. The monoisotopic (exact) mass is 521 g/mol. The minimum atomic E-state index is -0.494. The van der Waals surface area contributed by atoms with Gasteiger partial charge >= 0.3 is 5.97 Å². The highest BCUT2D eigenvalue weighted by Crippen LogP contribution is 2.39. The lowest BCUT2D eigenvalue weighted by Gasteiger charge is -2.13. The van der Waals surface area contributed by atoms with Crippen molar-refractivity contribution in [2.75, 3.05) is 11.9 Å². The first-order valence-corrected chi connectivity index (χ1v) is 13.1. The average molecular weight is 522 g/mol. The first-order chi connectivity index (χ1) is 17.2. The number of nitriles is 1. The van der Waals surface area contributed by atoms with Gasteiger partial charge in [-0.1, -0.05) is 11.6 Å². The zero-order valence-corrected chi connectivity index (χ0v) is 22.4. The Morgan fingerprint density at radius 1 is 1.22 bits per heavy atom. The maximum absolute atomic E-state index is 13.0. The molecule has 2 aromatic heterocycles. The molecule has 3 aromatic rings. The van der Waals surface area contributed by atoms with Gasteiger partial charge in [0.1, 0.15) is 16.6 Å². The van der Waals surface area contributed by atoms with Gasteiger partial charge in [-0.2, -0.15) is 5.26 Å². The van der Waals surface area contributed by atoms with Crippen molar-refractivity contribution in [2.24, 2.45) is 0 Å². The van der Waals surface area contributed by atoms with Crippen molar-refractivity contribution in [1.82, 2.24) is 4.57 Å². The highest BCUT2D eigenvalue weighted by molar-refractivity contribution is 7.15. The number of benzene rings is 1. The number of hydrogen-bond donors (Lipinski definition) is 1. The summed E-state index contributed by atoms with van der Waals surface area (Å²) in [6.07, 6.45) is 5.59. The minimum absolute atomic E-state index is 0.0132. The molecule has 0 atom stereocenters. The number of rotatable bonds is 6. The van der Waals surface area contributed by atoms with Crippen LogP contribution < -0.4 is 5.32 Å². The Labute approximate surface area is 220 Å². The van der Waals surface area contributed by atoms with Gasteiger partial charge in [0.05, 0.1) is 12.2 Å². The van der Waals surface area contributed by atoms with Crippen LogP contribution >= 0.6 is 22.9 Å². The quantitative estimate of drug-likeness (QED) is 0.222. The largest absolute Gasteiger partial charge is 0.462 e. The molecule has 0 unspecified atom stereocenters. The molecule has 1 aliphatic rings. The maximum atomic E-state index is 13.0. The van der Waals surface area contributed by atoms with E-state index in [9.17, 15) is 14.9 Å². The summed E-state index contributed by atoms with van der Waals surface area (Å²) in [4.78, 5) is 27.1. The zero-order chi connectivity index (χ0) is 26.0.